The van der Waals surface area contributed by atoms with Crippen molar-refractivity contribution in [2.45, 2.75) is 32.7 Å². The molecule has 0 radical (unpaired) electrons. The maximum atomic E-state index is 12.8. The zero-order valence-electron chi connectivity index (χ0n) is 19.1. The molecule has 0 aliphatic heterocycles. The standard InChI is InChI=1S/C24H28ClN5O4/c1-3-4-22(32)28-18-8-10-30(15-18)24(34)29(2)19-12-21(26-14-19)23(33)27-13-17-5-6-20(31)11-16(17)7-9-25/h5-6,8,10-12,14-15,26,31H,3-4,7,9,13H2,1-2H3,(H,27,33)(H,28,32). The number of hydrogen-bond donors (Lipinski definition) is 4. The van der Waals surface area contributed by atoms with E-state index in [9.17, 15) is 19.5 Å². The van der Waals surface area contributed by atoms with Gasteiger partial charge in [-0.05, 0) is 48.2 Å². The smallest absolute Gasteiger partial charge is 0.332 e. The lowest BCUT2D eigenvalue weighted by Gasteiger charge is -2.15. The maximum absolute atomic E-state index is 12.8. The monoisotopic (exact) mass is 485 g/mol. The first-order valence-corrected chi connectivity index (χ1v) is 11.4. The third-order valence-corrected chi connectivity index (χ3v) is 5.44. The Hall–Kier alpha value is -3.72. The fourth-order valence-corrected chi connectivity index (χ4v) is 3.62. The van der Waals surface area contributed by atoms with Gasteiger partial charge in [-0.2, -0.15) is 0 Å². The van der Waals surface area contributed by atoms with Gasteiger partial charge in [-0.25, -0.2) is 4.79 Å². The summed E-state index contributed by atoms with van der Waals surface area (Å²) >= 11 is 5.83. The SMILES string of the molecule is CCCC(=O)Nc1ccn(C(=O)N(C)c2c[nH]c(C(=O)NCc3ccc(O)cc3CCCl)c2)c1. The summed E-state index contributed by atoms with van der Waals surface area (Å²) in [6.07, 6.45) is 6.40. The number of rotatable bonds is 9. The third kappa shape index (κ3) is 6.20. The number of phenolic OH excluding ortho intramolecular Hbond substituents is 1. The minimum Gasteiger partial charge on any atom is -0.508 e. The number of benzene rings is 1. The fourth-order valence-electron chi connectivity index (χ4n) is 3.42. The third-order valence-electron chi connectivity index (χ3n) is 5.25. The predicted molar refractivity (Wildman–Crippen MR) is 132 cm³/mol. The summed E-state index contributed by atoms with van der Waals surface area (Å²) in [5, 5.41) is 15.3. The lowest BCUT2D eigenvalue weighted by molar-refractivity contribution is -0.116. The molecule has 0 bridgehead atoms. The lowest BCUT2D eigenvalue weighted by Crippen LogP contribution is -2.29. The average molecular weight is 486 g/mol. The predicted octanol–water partition coefficient (Wildman–Crippen LogP) is 4.08. The van der Waals surface area contributed by atoms with Crippen molar-refractivity contribution in [3.05, 3.63) is 65.7 Å². The van der Waals surface area contributed by atoms with Gasteiger partial charge in [-0.1, -0.05) is 13.0 Å². The number of halogens is 1. The number of aromatic amines is 1. The molecule has 0 saturated carbocycles. The number of anilines is 2. The molecule has 0 saturated heterocycles. The number of aromatic nitrogens is 2. The summed E-state index contributed by atoms with van der Waals surface area (Å²) in [6.45, 7) is 2.19. The number of aromatic hydroxyl groups is 1. The number of phenols is 1. The van der Waals surface area contributed by atoms with Crippen LogP contribution < -0.4 is 15.5 Å². The highest BCUT2D eigenvalue weighted by atomic mass is 35.5. The Kier molecular flexibility index (Phi) is 8.37. The van der Waals surface area contributed by atoms with E-state index in [-0.39, 0.29) is 30.1 Å². The molecule has 0 fully saturated rings. The summed E-state index contributed by atoms with van der Waals surface area (Å²) in [6, 6.07) is 7.83. The molecule has 34 heavy (non-hydrogen) atoms. The molecule has 180 valence electrons. The zero-order valence-corrected chi connectivity index (χ0v) is 19.9. The van der Waals surface area contributed by atoms with E-state index in [1.807, 2.05) is 6.92 Å². The molecule has 4 N–H and O–H groups in total. The Morgan fingerprint density at radius 3 is 2.71 bits per heavy atom. The van der Waals surface area contributed by atoms with E-state index in [0.717, 1.165) is 17.5 Å². The van der Waals surface area contributed by atoms with Gasteiger partial charge in [0.05, 0.1) is 11.4 Å². The zero-order chi connectivity index (χ0) is 24.7. The normalized spacial score (nSPS) is 10.7. The van der Waals surface area contributed by atoms with Gasteiger partial charge in [0, 0.05) is 44.5 Å². The van der Waals surface area contributed by atoms with E-state index in [2.05, 4.69) is 15.6 Å². The number of nitrogens with zero attached hydrogens (tertiary/aromatic N) is 2. The second-order valence-electron chi connectivity index (χ2n) is 7.79. The van der Waals surface area contributed by atoms with Crippen LogP contribution in [0.3, 0.4) is 0 Å². The summed E-state index contributed by atoms with van der Waals surface area (Å²) in [5.74, 6) is 0.108. The van der Waals surface area contributed by atoms with Crippen molar-refractivity contribution in [2.75, 3.05) is 23.1 Å². The van der Waals surface area contributed by atoms with Crippen molar-refractivity contribution in [1.29, 1.82) is 0 Å². The molecule has 3 rings (SSSR count). The minimum absolute atomic E-state index is 0.107. The van der Waals surface area contributed by atoms with Crippen molar-refractivity contribution in [3.8, 4) is 5.75 Å². The van der Waals surface area contributed by atoms with Crippen molar-refractivity contribution in [1.82, 2.24) is 14.9 Å². The van der Waals surface area contributed by atoms with E-state index in [1.165, 1.54) is 9.47 Å². The van der Waals surface area contributed by atoms with Crippen LogP contribution in [0, 0.1) is 0 Å². The highest BCUT2D eigenvalue weighted by molar-refractivity contribution is 6.18. The van der Waals surface area contributed by atoms with E-state index < -0.39 is 0 Å². The topological polar surface area (TPSA) is 119 Å². The number of alkyl halides is 1. The molecular formula is C24H28ClN5O4. The van der Waals surface area contributed by atoms with E-state index in [4.69, 9.17) is 11.6 Å². The molecule has 1 aromatic carbocycles. The molecule has 0 spiro atoms. The average Bonchev–Trinajstić information content (AvgIpc) is 3.48. The number of H-pyrrole nitrogens is 1. The molecular weight excluding hydrogens is 458 g/mol. The first kappa shape index (κ1) is 24.9. The van der Waals surface area contributed by atoms with Crippen LogP contribution in [0.15, 0.2) is 48.9 Å². The molecule has 0 unspecified atom stereocenters. The number of hydrogen-bond acceptors (Lipinski definition) is 4. The van der Waals surface area contributed by atoms with Crippen LogP contribution in [-0.2, 0) is 17.8 Å². The van der Waals surface area contributed by atoms with Gasteiger partial charge in [-0.3, -0.25) is 19.1 Å². The maximum Gasteiger partial charge on any atom is 0.332 e. The van der Waals surface area contributed by atoms with E-state index >= 15 is 0 Å². The minimum atomic E-state index is -0.350. The number of carbonyl (C=O) groups excluding carboxylic acids is 3. The fraction of sp³-hybridized carbons (Fsp3) is 0.292. The van der Waals surface area contributed by atoms with Gasteiger partial charge in [-0.15, -0.1) is 11.6 Å². The highest BCUT2D eigenvalue weighted by Crippen LogP contribution is 2.19. The van der Waals surface area contributed by atoms with Crippen LogP contribution in [0.5, 0.6) is 5.75 Å². The molecule has 3 amide bonds. The van der Waals surface area contributed by atoms with Gasteiger partial charge in [0.1, 0.15) is 11.4 Å². The van der Waals surface area contributed by atoms with E-state index in [0.29, 0.717) is 35.8 Å². The molecule has 0 aliphatic rings. The first-order valence-electron chi connectivity index (χ1n) is 10.9. The number of nitrogens with one attached hydrogen (secondary N) is 3. The van der Waals surface area contributed by atoms with Crippen molar-refractivity contribution in [2.24, 2.45) is 0 Å². The van der Waals surface area contributed by atoms with Crippen LogP contribution in [0.2, 0.25) is 0 Å². The van der Waals surface area contributed by atoms with Gasteiger partial charge < -0.3 is 20.7 Å². The molecule has 3 aromatic rings. The second-order valence-corrected chi connectivity index (χ2v) is 8.17. The summed E-state index contributed by atoms with van der Waals surface area (Å²) in [5.41, 5.74) is 3.07. The van der Waals surface area contributed by atoms with Crippen molar-refractivity contribution in [3.63, 3.8) is 0 Å². The molecule has 10 heteroatoms. The molecule has 2 heterocycles. The summed E-state index contributed by atoms with van der Waals surface area (Å²) in [7, 11) is 1.59. The van der Waals surface area contributed by atoms with Gasteiger partial charge in [0.15, 0.2) is 0 Å². The van der Waals surface area contributed by atoms with Gasteiger partial charge >= 0.3 is 6.03 Å². The van der Waals surface area contributed by atoms with Gasteiger partial charge in [0.25, 0.3) is 5.91 Å². The van der Waals surface area contributed by atoms with Crippen molar-refractivity contribution >= 4 is 40.8 Å². The summed E-state index contributed by atoms with van der Waals surface area (Å²) < 4.78 is 1.36. The Morgan fingerprint density at radius 1 is 1.18 bits per heavy atom. The van der Waals surface area contributed by atoms with Crippen LogP contribution in [0.4, 0.5) is 16.2 Å². The Labute approximate surface area is 202 Å². The van der Waals surface area contributed by atoms with Gasteiger partial charge in [0.2, 0.25) is 5.91 Å². The van der Waals surface area contributed by atoms with Crippen LogP contribution in [0.25, 0.3) is 0 Å². The number of aryl methyl sites for hydroxylation is 1. The molecule has 2 aromatic heterocycles. The Morgan fingerprint density at radius 2 is 1.97 bits per heavy atom. The van der Waals surface area contributed by atoms with Crippen LogP contribution >= 0.6 is 11.6 Å². The Bertz CT molecular complexity index is 1170. The first-order chi connectivity index (χ1) is 16.3. The summed E-state index contributed by atoms with van der Waals surface area (Å²) in [4.78, 5) is 41.5. The second kappa shape index (κ2) is 11.4. The van der Waals surface area contributed by atoms with E-state index in [1.54, 1.807) is 56.0 Å². The Balaban J connectivity index is 1.62. The molecule has 0 atom stereocenters. The largest absolute Gasteiger partial charge is 0.508 e. The number of amides is 3. The molecule has 9 nitrogen and oxygen atoms in total. The molecule has 0 aliphatic carbocycles. The number of carbonyl (C=O) groups is 3. The van der Waals surface area contributed by atoms with Crippen molar-refractivity contribution < 1.29 is 19.5 Å². The van der Waals surface area contributed by atoms with Crippen LogP contribution in [-0.4, -0.2) is 45.4 Å². The quantitative estimate of drug-likeness (QED) is 0.341. The lowest BCUT2D eigenvalue weighted by atomic mass is 10.0. The van der Waals surface area contributed by atoms with Crippen LogP contribution in [0.1, 0.15) is 41.4 Å². The highest BCUT2D eigenvalue weighted by Gasteiger charge is 2.17.